The molecule has 0 saturated carbocycles. The van der Waals surface area contributed by atoms with Gasteiger partial charge in [-0.15, -0.1) is 0 Å². The van der Waals surface area contributed by atoms with Crippen LogP contribution in [0.4, 0.5) is 0 Å². The van der Waals surface area contributed by atoms with E-state index in [1.807, 2.05) is 69.0 Å². The summed E-state index contributed by atoms with van der Waals surface area (Å²) in [5.41, 5.74) is 3.80. The third-order valence-electron chi connectivity index (χ3n) is 6.05. The molecule has 2 aromatic carbocycles. The molecule has 4 rings (SSSR count). The van der Waals surface area contributed by atoms with Gasteiger partial charge < -0.3 is 14.2 Å². The molecule has 140 valence electrons. The number of carbonyl (C=O) groups is 1. The first-order valence-electron chi connectivity index (χ1n) is 9.54. The van der Waals surface area contributed by atoms with E-state index in [9.17, 15) is 4.79 Å². The Morgan fingerprint density at radius 2 is 1.44 bits per heavy atom. The van der Waals surface area contributed by atoms with Crippen LogP contribution < -0.4 is 5.46 Å². The summed E-state index contributed by atoms with van der Waals surface area (Å²) in [5, 5.41) is 0. The highest BCUT2D eigenvalue weighted by molar-refractivity contribution is 6.62. The quantitative estimate of drug-likeness (QED) is 0.787. The first kappa shape index (κ1) is 18.3. The zero-order valence-electron chi connectivity index (χ0n) is 16.5. The monoisotopic (exact) mass is 363 g/mol. The van der Waals surface area contributed by atoms with Crippen molar-refractivity contribution in [2.75, 3.05) is 0 Å². The van der Waals surface area contributed by atoms with Crippen molar-refractivity contribution in [2.24, 2.45) is 0 Å². The lowest BCUT2D eigenvalue weighted by atomic mass is 9.79. The lowest BCUT2D eigenvalue weighted by Gasteiger charge is -2.32. The van der Waals surface area contributed by atoms with E-state index in [1.54, 1.807) is 0 Å². The highest BCUT2D eigenvalue weighted by Gasteiger charge is 2.51. The van der Waals surface area contributed by atoms with E-state index in [1.165, 1.54) is 11.1 Å². The lowest BCUT2D eigenvalue weighted by molar-refractivity contribution is -0.131. The molecule has 27 heavy (non-hydrogen) atoms. The Morgan fingerprint density at radius 3 is 1.96 bits per heavy atom. The molecule has 0 atom stereocenters. The molecular formula is C22H26BNO3. The maximum Gasteiger partial charge on any atom is 0.494 e. The van der Waals surface area contributed by atoms with Gasteiger partial charge in [-0.25, -0.2) is 0 Å². The van der Waals surface area contributed by atoms with Gasteiger partial charge in [0.25, 0.3) is 0 Å². The summed E-state index contributed by atoms with van der Waals surface area (Å²) in [7, 11) is -0.368. The summed E-state index contributed by atoms with van der Waals surface area (Å²) in [6, 6.07) is 16.3. The molecule has 2 aliphatic rings. The van der Waals surface area contributed by atoms with Crippen LogP contribution in [0.25, 0.3) is 0 Å². The average molecular weight is 363 g/mol. The number of fused-ring (bicyclic) bond motifs is 1. The highest BCUT2D eigenvalue weighted by atomic mass is 16.7. The number of amides is 1. The van der Waals surface area contributed by atoms with Crippen molar-refractivity contribution in [1.29, 1.82) is 0 Å². The van der Waals surface area contributed by atoms with Crippen LogP contribution in [0.15, 0.2) is 48.5 Å². The second-order valence-corrected chi connectivity index (χ2v) is 8.53. The summed E-state index contributed by atoms with van der Waals surface area (Å²) < 4.78 is 12.2. The van der Waals surface area contributed by atoms with Gasteiger partial charge in [-0.3, -0.25) is 4.79 Å². The Hall–Kier alpha value is -2.11. The molecule has 4 nitrogen and oxygen atoms in total. The van der Waals surface area contributed by atoms with Crippen LogP contribution in [0.1, 0.15) is 44.4 Å². The second-order valence-electron chi connectivity index (χ2n) is 8.53. The fourth-order valence-corrected chi connectivity index (χ4v) is 3.57. The van der Waals surface area contributed by atoms with Crippen molar-refractivity contribution in [2.45, 2.75) is 58.4 Å². The van der Waals surface area contributed by atoms with Crippen LogP contribution in [-0.2, 0) is 33.6 Å². The van der Waals surface area contributed by atoms with Crippen LogP contribution in [0.2, 0.25) is 0 Å². The number of carbonyl (C=O) groups excluding carboxylic acids is 1. The van der Waals surface area contributed by atoms with Gasteiger partial charge in [0.1, 0.15) is 0 Å². The first-order valence-corrected chi connectivity index (χ1v) is 9.54. The molecule has 0 aliphatic carbocycles. The third kappa shape index (κ3) is 3.42. The Balaban J connectivity index is 1.40. The molecule has 0 unspecified atom stereocenters. The van der Waals surface area contributed by atoms with E-state index < -0.39 is 0 Å². The Bertz CT molecular complexity index is 819. The molecule has 0 spiro atoms. The number of hydrogen-bond donors (Lipinski definition) is 0. The van der Waals surface area contributed by atoms with E-state index in [0.29, 0.717) is 19.5 Å². The molecule has 0 bridgehead atoms. The maximum absolute atomic E-state index is 12.7. The Labute approximate surface area is 161 Å². The zero-order valence-corrected chi connectivity index (χ0v) is 16.5. The molecule has 1 fully saturated rings. The van der Waals surface area contributed by atoms with Crippen molar-refractivity contribution in [3.63, 3.8) is 0 Å². The smallest absolute Gasteiger partial charge is 0.399 e. The molecule has 0 aromatic heterocycles. The molecule has 0 radical (unpaired) electrons. The third-order valence-corrected chi connectivity index (χ3v) is 6.05. The maximum atomic E-state index is 12.7. The molecule has 2 heterocycles. The summed E-state index contributed by atoms with van der Waals surface area (Å²) in [4.78, 5) is 14.6. The molecule has 2 aliphatic heterocycles. The molecular weight excluding hydrogens is 337 g/mol. The summed E-state index contributed by atoms with van der Waals surface area (Å²) >= 11 is 0. The van der Waals surface area contributed by atoms with Crippen molar-refractivity contribution in [3.05, 3.63) is 65.2 Å². The van der Waals surface area contributed by atoms with Crippen molar-refractivity contribution in [1.82, 2.24) is 4.90 Å². The minimum Gasteiger partial charge on any atom is -0.399 e. The number of benzene rings is 2. The number of rotatable bonds is 3. The molecule has 0 N–H and O–H groups in total. The lowest BCUT2D eigenvalue weighted by Crippen LogP contribution is -2.41. The molecule has 5 heteroatoms. The van der Waals surface area contributed by atoms with Crippen molar-refractivity contribution >= 4 is 18.5 Å². The summed E-state index contributed by atoms with van der Waals surface area (Å²) in [5.74, 6) is 0.162. The van der Waals surface area contributed by atoms with Gasteiger partial charge in [0, 0.05) is 13.1 Å². The van der Waals surface area contributed by atoms with Gasteiger partial charge >= 0.3 is 7.12 Å². The molecule has 1 amide bonds. The van der Waals surface area contributed by atoms with Gasteiger partial charge in [-0.05, 0) is 49.8 Å². The average Bonchev–Trinajstić information content (AvgIpc) is 3.14. The second kappa shape index (κ2) is 6.50. The Morgan fingerprint density at radius 1 is 0.926 bits per heavy atom. The number of hydrogen-bond acceptors (Lipinski definition) is 3. The van der Waals surface area contributed by atoms with Crippen LogP contribution in [0, 0.1) is 0 Å². The highest BCUT2D eigenvalue weighted by Crippen LogP contribution is 2.36. The van der Waals surface area contributed by atoms with E-state index in [2.05, 4.69) is 12.1 Å². The van der Waals surface area contributed by atoms with Gasteiger partial charge in [-0.1, -0.05) is 48.5 Å². The van der Waals surface area contributed by atoms with E-state index in [-0.39, 0.29) is 24.2 Å². The normalized spacial score (nSPS) is 20.0. The predicted octanol–water partition coefficient (Wildman–Crippen LogP) is 3.07. The van der Waals surface area contributed by atoms with Crippen LogP contribution in [0.5, 0.6) is 0 Å². The molecule has 2 aromatic rings. The van der Waals surface area contributed by atoms with Crippen LogP contribution in [0.3, 0.4) is 0 Å². The minimum atomic E-state index is -0.368. The van der Waals surface area contributed by atoms with Crippen LogP contribution in [-0.4, -0.2) is 29.1 Å². The van der Waals surface area contributed by atoms with Crippen molar-refractivity contribution < 1.29 is 14.1 Å². The summed E-state index contributed by atoms with van der Waals surface area (Å²) in [6.07, 6.45) is 0.414. The zero-order chi connectivity index (χ0) is 19.2. The fraction of sp³-hybridized carbons (Fsp3) is 0.409. The fourth-order valence-electron chi connectivity index (χ4n) is 3.57. The summed E-state index contributed by atoms with van der Waals surface area (Å²) in [6.45, 7) is 9.62. The first-order chi connectivity index (χ1) is 12.7. The van der Waals surface area contributed by atoms with Crippen LogP contribution >= 0.6 is 0 Å². The standard InChI is InChI=1S/C22H26BNO3/c1-21(2)22(3,4)27-23(26-21)19-11-9-16(10-12-19)13-20(25)24-14-17-7-5-6-8-18(17)15-24/h5-12H,13-15H2,1-4H3. The van der Waals surface area contributed by atoms with Gasteiger partial charge in [-0.2, -0.15) is 0 Å². The minimum absolute atomic E-state index is 0.162. The Kier molecular flexibility index (Phi) is 4.40. The van der Waals surface area contributed by atoms with Gasteiger partial charge in [0.2, 0.25) is 5.91 Å². The van der Waals surface area contributed by atoms with E-state index in [4.69, 9.17) is 9.31 Å². The largest absolute Gasteiger partial charge is 0.494 e. The van der Waals surface area contributed by atoms with E-state index >= 15 is 0 Å². The van der Waals surface area contributed by atoms with Crippen molar-refractivity contribution in [3.8, 4) is 0 Å². The topological polar surface area (TPSA) is 38.8 Å². The molecule has 1 saturated heterocycles. The predicted molar refractivity (Wildman–Crippen MR) is 107 cm³/mol. The SMILES string of the molecule is CC1(C)OB(c2ccc(CC(=O)N3Cc4ccccc4C3)cc2)OC1(C)C. The van der Waals surface area contributed by atoms with Gasteiger partial charge in [0.15, 0.2) is 0 Å². The number of nitrogens with zero attached hydrogens (tertiary/aromatic N) is 1. The van der Waals surface area contributed by atoms with Gasteiger partial charge in [0.05, 0.1) is 17.6 Å². The van der Waals surface area contributed by atoms with E-state index in [0.717, 1.165) is 11.0 Å².